The maximum absolute atomic E-state index is 12.4. The number of carbonyl (C=O) groups excluding carboxylic acids is 1. The Morgan fingerprint density at radius 3 is 2.60 bits per heavy atom. The molecule has 0 radical (unpaired) electrons. The highest BCUT2D eigenvalue weighted by Gasteiger charge is 2.29. The van der Waals surface area contributed by atoms with Crippen LogP contribution < -0.4 is 11.1 Å². The van der Waals surface area contributed by atoms with E-state index in [4.69, 9.17) is 17.3 Å². The van der Waals surface area contributed by atoms with Crippen molar-refractivity contribution in [2.24, 2.45) is 11.7 Å². The summed E-state index contributed by atoms with van der Waals surface area (Å²) in [5.41, 5.74) is 7.11. The van der Waals surface area contributed by atoms with E-state index in [1.807, 2.05) is 18.2 Å². The van der Waals surface area contributed by atoms with Crippen molar-refractivity contribution < 1.29 is 4.79 Å². The van der Waals surface area contributed by atoms with E-state index in [9.17, 15) is 4.79 Å². The van der Waals surface area contributed by atoms with Crippen LogP contribution in [0.2, 0.25) is 5.02 Å². The van der Waals surface area contributed by atoms with Crippen LogP contribution in [0.3, 0.4) is 0 Å². The molecule has 0 bridgehead atoms. The first-order valence-corrected chi connectivity index (χ1v) is 9.04. The molecule has 1 aliphatic carbocycles. The lowest BCUT2D eigenvalue weighted by Gasteiger charge is -2.28. The van der Waals surface area contributed by atoms with Crippen molar-refractivity contribution in [3.8, 4) is 0 Å². The highest BCUT2D eigenvalue weighted by molar-refractivity contribution is 6.30. The van der Waals surface area contributed by atoms with Gasteiger partial charge in [0.05, 0.1) is 6.04 Å². The van der Waals surface area contributed by atoms with Crippen molar-refractivity contribution in [2.45, 2.75) is 44.2 Å². The Labute approximate surface area is 167 Å². The fourth-order valence-corrected chi connectivity index (χ4v) is 4.02. The van der Waals surface area contributed by atoms with Gasteiger partial charge in [-0.1, -0.05) is 23.7 Å². The van der Waals surface area contributed by atoms with Crippen molar-refractivity contribution in [1.82, 2.24) is 10.2 Å². The number of nitrogens with two attached hydrogens (primary N) is 1. The molecule has 1 heterocycles. The molecular formula is C18H28Cl3N3O. The van der Waals surface area contributed by atoms with E-state index in [-0.39, 0.29) is 48.7 Å². The number of nitrogens with zero attached hydrogens (tertiary/aromatic N) is 1. The molecule has 2 aliphatic rings. The van der Waals surface area contributed by atoms with Crippen LogP contribution in [0.4, 0.5) is 0 Å². The van der Waals surface area contributed by atoms with Crippen LogP contribution in [0.15, 0.2) is 24.3 Å². The van der Waals surface area contributed by atoms with Gasteiger partial charge in [-0.05, 0) is 62.9 Å². The molecule has 3 N–H and O–H groups in total. The fourth-order valence-electron chi connectivity index (χ4n) is 3.82. The molecule has 3 rings (SSSR count). The number of hydrogen-bond acceptors (Lipinski definition) is 3. The van der Waals surface area contributed by atoms with Gasteiger partial charge in [0.25, 0.3) is 0 Å². The van der Waals surface area contributed by atoms with Crippen LogP contribution in [-0.4, -0.2) is 36.5 Å². The predicted molar refractivity (Wildman–Crippen MR) is 108 cm³/mol. The van der Waals surface area contributed by atoms with Gasteiger partial charge in [-0.25, -0.2) is 0 Å². The van der Waals surface area contributed by atoms with Gasteiger partial charge in [0, 0.05) is 23.5 Å². The minimum atomic E-state index is 0. The van der Waals surface area contributed by atoms with Gasteiger partial charge in [-0.15, -0.1) is 24.8 Å². The molecule has 0 spiro atoms. The third-order valence-corrected chi connectivity index (χ3v) is 5.36. The summed E-state index contributed by atoms with van der Waals surface area (Å²) in [6.07, 6.45) is 5.14. The Bertz CT molecular complexity index is 552. The lowest BCUT2D eigenvalue weighted by atomic mass is 10.0. The molecule has 0 aromatic heterocycles. The first kappa shape index (κ1) is 22.5. The lowest BCUT2D eigenvalue weighted by Crippen LogP contribution is -2.39. The molecule has 1 saturated heterocycles. The number of hydrogen-bond donors (Lipinski definition) is 2. The highest BCUT2D eigenvalue weighted by atomic mass is 35.5. The largest absolute Gasteiger partial charge is 0.354 e. The summed E-state index contributed by atoms with van der Waals surface area (Å²) in [6, 6.07) is 8.39. The van der Waals surface area contributed by atoms with Gasteiger partial charge < -0.3 is 11.1 Å². The molecule has 1 aromatic rings. The molecule has 142 valence electrons. The molecule has 2 fully saturated rings. The van der Waals surface area contributed by atoms with Crippen LogP contribution in [0.25, 0.3) is 0 Å². The highest BCUT2D eigenvalue weighted by Crippen LogP contribution is 2.28. The van der Waals surface area contributed by atoms with E-state index in [0.717, 1.165) is 37.4 Å². The van der Waals surface area contributed by atoms with Gasteiger partial charge in [-0.2, -0.15) is 0 Å². The van der Waals surface area contributed by atoms with Crippen molar-refractivity contribution >= 4 is 42.3 Å². The number of rotatable bonds is 5. The zero-order valence-electron chi connectivity index (χ0n) is 14.3. The molecule has 7 heteroatoms. The zero-order chi connectivity index (χ0) is 16.2. The Morgan fingerprint density at radius 2 is 2.00 bits per heavy atom. The van der Waals surface area contributed by atoms with E-state index >= 15 is 0 Å². The summed E-state index contributed by atoms with van der Waals surface area (Å²) in [7, 11) is 0. The summed E-state index contributed by atoms with van der Waals surface area (Å²) < 4.78 is 0. The number of halogens is 3. The van der Waals surface area contributed by atoms with Crippen LogP contribution in [0, 0.1) is 5.92 Å². The van der Waals surface area contributed by atoms with Crippen LogP contribution >= 0.6 is 36.4 Å². The minimum Gasteiger partial charge on any atom is -0.354 e. The molecular weight excluding hydrogens is 381 g/mol. The standard InChI is InChI=1S/C18H26ClN3O.2ClH/c19-15-5-3-4-13(10-15)17(22-8-1-2-9-22)12-21-18(23)14-6-7-16(20)11-14;;/h3-5,10,14,16-17H,1-2,6-9,11-12,20H2,(H,21,23);2*1H. The summed E-state index contributed by atoms with van der Waals surface area (Å²) in [6.45, 7) is 2.81. The monoisotopic (exact) mass is 407 g/mol. The van der Waals surface area contributed by atoms with E-state index in [0.29, 0.717) is 6.54 Å². The number of nitrogens with one attached hydrogen (secondary N) is 1. The SMILES string of the molecule is Cl.Cl.NC1CCC(C(=O)NCC(c2cccc(Cl)c2)N2CCCC2)C1. The average molecular weight is 409 g/mol. The average Bonchev–Trinajstić information content (AvgIpc) is 3.19. The van der Waals surface area contributed by atoms with Gasteiger partial charge in [0.1, 0.15) is 0 Å². The molecule has 4 nitrogen and oxygen atoms in total. The maximum Gasteiger partial charge on any atom is 0.223 e. The molecule has 25 heavy (non-hydrogen) atoms. The van der Waals surface area contributed by atoms with E-state index < -0.39 is 0 Å². The number of likely N-dealkylation sites (tertiary alicyclic amines) is 1. The summed E-state index contributed by atoms with van der Waals surface area (Å²) >= 11 is 6.16. The second-order valence-electron chi connectivity index (χ2n) is 6.83. The van der Waals surface area contributed by atoms with Crippen molar-refractivity contribution in [3.63, 3.8) is 0 Å². The minimum absolute atomic E-state index is 0. The smallest absolute Gasteiger partial charge is 0.223 e. The second kappa shape index (κ2) is 10.6. The molecule has 1 saturated carbocycles. The van der Waals surface area contributed by atoms with Crippen LogP contribution in [0.1, 0.15) is 43.7 Å². The van der Waals surface area contributed by atoms with Crippen molar-refractivity contribution in [1.29, 1.82) is 0 Å². The van der Waals surface area contributed by atoms with Gasteiger partial charge >= 0.3 is 0 Å². The lowest BCUT2D eigenvalue weighted by molar-refractivity contribution is -0.125. The van der Waals surface area contributed by atoms with Crippen molar-refractivity contribution in [2.75, 3.05) is 19.6 Å². The number of benzene rings is 1. The number of amides is 1. The molecule has 1 aromatic carbocycles. The molecule has 3 atom stereocenters. The zero-order valence-corrected chi connectivity index (χ0v) is 16.7. The van der Waals surface area contributed by atoms with E-state index in [2.05, 4.69) is 16.3 Å². The topological polar surface area (TPSA) is 58.4 Å². The first-order chi connectivity index (χ1) is 11.1. The quantitative estimate of drug-likeness (QED) is 0.783. The van der Waals surface area contributed by atoms with Crippen LogP contribution in [-0.2, 0) is 4.79 Å². The second-order valence-corrected chi connectivity index (χ2v) is 7.27. The number of carbonyl (C=O) groups is 1. The molecule has 1 amide bonds. The fraction of sp³-hybridized carbons (Fsp3) is 0.611. The first-order valence-electron chi connectivity index (χ1n) is 8.66. The third kappa shape index (κ3) is 6.00. The Morgan fingerprint density at radius 1 is 1.28 bits per heavy atom. The summed E-state index contributed by atoms with van der Waals surface area (Å²) in [5.74, 6) is 0.243. The summed E-state index contributed by atoms with van der Waals surface area (Å²) in [4.78, 5) is 14.8. The summed E-state index contributed by atoms with van der Waals surface area (Å²) in [5, 5.41) is 3.91. The normalized spacial score (nSPS) is 24.2. The van der Waals surface area contributed by atoms with Gasteiger partial charge in [0.15, 0.2) is 0 Å². The van der Waals surface area contributed by atoms with E-state index in [1.54, 1.807) is 0 Å². The van der Waals surface area contributed by atoms with E-state index in [1.165, 1.54) is 18.4 Å². The Hall–Kier alpha value is -0.520. The van der Waals surface area contributed by atoms with Gasteiger partial charge in [-0.3, -0.25) is 9.69 Å². The maximum atomic E-state index is 12.4. The Kier molecular flexibility index (Phi) is 9.54. The molecule has 3 unspecified atom stereocenters. The van der Waals surface area contributed by atoms with Gasteiger partial charge in [0.2, 0.25) is 5.91 Å². The Balaban J connectivity index is 0.00000156. The van der Waals surface area contributed by atoms with Crippen molar-refractivity contribution in [3.05, 3.63) is 34.9 Å². The predicted octanol–water partition coefficient (Wildman–Crippen LogP) is 3.56. The third-order valence-electron chi connectivity index (χ3n) is 5.13. The van der Waals surface area contributed by atoms with Crippen LogP contribution in [0.5, 0.6) is 0 Å². The molecule has 1 aliphatic heterocycles.